The molecule has 0 aromatic heterocycles. The van der Waals surface area contributed by atoms with E-state index in [0.717, 1.165) is 17.6 Å². The summed E-state index contributed by atoms with van der Waals surface area (Å²) in [5.41, 5.74) is 2.04. The maximum Gasteiger partial charge on any atom is 0.410 e. The van der Waals surface area contributed by atoms with Crippen LogP contribution in [0.4, 0.5) is 16.2 Å². The molecular weight excluding hydrogens is 358 g/mol. The molecule has 0 N–H and O–H groups in total. The maximum atomic E-state index is 12.3. The van der Waals surface area contributed by atoms with Gasteiger partial charge in [0.1, 0.15) is 5.60 Å². The van der Waals surface area contributed by atoms with Gasteiger partial charge in [0.05, 0.1) is 17.4 Å². The Kier molecular flexibility index (Phi) is 4.21. The summed E-state index contributed by atoms with van der Waals surface area (Å²) in [6, 6.07) is 6.70. The quantitative estimate of drug-likeness (QED) is 0.690. The second kappa shape index (κ2) is 5.89. The molecule has 0 aliphatic carbocycles. The first kappa shape index (κ1) is 16.4. The summed E-state index contributed by atoms with van der Waals surface area (Å²) in [6.45, 7) is 8.87. The first-order valence-electron chi connectivity index (χ1n) is 8.00. The van der Waals surface area contributed by atoms with Gasteiger partial charge in [-0.15, -0.1) is 0 Å². The van der Waals surface area contributed by atoms with Crippen molar-refractivity contribution in [1.29, 1.82) is 0 Å². The minimum absolute atomic E-state index is 0.207. The van der Waals surface area contributed by atoms with Gasteiger partial charge in [-0.2, -0.15) is 0 Å². The van der Waals surface area contributed by atoms with E-state index in [0.29, 0.717) is 19.1 Å². The zero-order valence-electron chi connectivity index (χ0n) is 14.2. The number of anilines is 2. The third-order valence-corrected chi connectivity index (χ3v) is 4.77. The SMILES string of the molecule is CN1C[C@H]2CN(C(=O)OC(C)(C)C)CCN2c2ccc(Br)cc21. The van der Waals surface area contributed by atoms with Gasteiger partial charge in [0.2, 0.25) is 0 Å². The summed E-state index contributed by atoms with van der Waals surface area (Å²) in [4.78, 5) is 18.8. The van der Waals surface area contributed by atoms with E-state index in [2.05, 4.69) is 51.0 Å². The van der Waals surface area contributed by atoms with Crippen molar-refractivity contribution < 1.29 is 9.53 Å². The first-order valence-corrected chi connectivity index (χ1v) is 8.79. The van der Waals surface area contributed by atoms with Crippen LogP contribution in [0.2, 0.25) is 0 Å². The summed E-state index contributed by atoms with van der Waals surface area (Å²) >= 11 is 3.55. The second-order valence-electron chi connectivity index (χ2n) is 7.29. The van der Waals surface area contributed by atoms with E-state index in [4.69, 9.17) is 4.74 Å². The van der Waals surface area contributed by atoms with E-state index in [1.807, 2.05) is 25.7 Å². The molecule has 1 aromatic carbocycles. The maximum absolute atomic E-state index is 12.3. The molecule has 2 aliphatic heterocycles. The van der Waals surface area contributed by atoms with Crippen LogP contribution in [0.1, 0.15) is 20.8 Å². The molecule has 1 aromatic rings. The van der Waals surface area contributed by atoms with Crippen molar-refractivity contribution >= 4 is 33.4 Å². The molecule has 6 heteroatoms. The number of hydrogen-bond acceptors (Lipinski definition) is 4. The van der Waals surface area contributed by atoms with Crippen LogP contribution in [0.15, 0.2) is 22.7 Å². The molecule has 0 saturated carbocycles. The van der Waals surface area contributed by atoms with Gasteiger partial charge in [-0.3, -0.25) is 0 Å². The number of hydrogen-bond donors (Lipinski definition) is 0. The van der Waals surface area contributed by atoms with Crippen LogP contribution in [0.25, 0.3) is 0 Å². The van der Waals surface area contributed by atoms with E-state index in [9.17, 15) is 4.79 Å². The average Bonchev–Trinajstić information content (AvgIpc) is 2.45. The number of piperazine rings is 1. The third kappa shape index (κ3) is 3.42. The van der Waals surface area contributed by atoms with Crippen LogP contribution in [-0.2, 0) is 4.74 Å². The summed E-state index contributed by atoms with van der Waals surface area (Å²) in [5.74, 6) is 0. The van der Waals surface area contributed by atoms with Crippen LogP contribution in [-0.4, -0.2) is 55.9 Å². The molecule has 0 radical (unpaired) electrons. The second-order valence-corrected chi connectivity index (χ2v) is 8.20. The van der Waals surface area contributed by atoms with E-state index in [-0.39, 0.29) is 6.09 Å². The number of carbonyl (C=O) groups is 1. The minimum Gasteiger partial charge on any atom is -0.444 e. The van der Waals surface area contributed by atoms with Gasteiger partial charge in [-0.05, 0) is 39.0 Å². The number of rotatable bonds is 0. The lowest BCUT2D eigenvalue weighted by molar-refractivity contribution is 0.0215. The van der Waals surface area contributed by atoms with Crippen molar-refractivity contribution in [2.75, 3.05) is 43.0 Å². The van der Waals surface area contributed by atoms with Gasteiger partial charge in [-0.1, -0.05) is 15.9 Å². The van der Waals surface area contributed by atoms with Crippen LogP contribution >= 0.6 is 15.9 Å². The van der Waals surface area contributed by atoms with E-state index in [1.54, 1.807) is 0 Å². The Labute approximate surface area is 146 Å². The van der Waals surface area contributed by atoms with Crippen molar-refractivity contribution in [2.24, 2.45) is 0 Å². The van der Waals surface area contributed by atoms with Gasteiger partial charge < -0.3 is 19.4 Å². The van der Waals surface area contributed by atoms with Crippen LogP contribution in [0, 0.1) is 0 Å². The summed E-state index contributed by atoms with van der Waals surface area (Å²) < 4.78 is 6.61. The number of nitrogens with zero attached hydrogens (tertiary/aromatic N) is 3. The molecule has 1 amide bonds. The number of likely N-dealkylation sites (N-methyl/N-ethyl adjacent to an activating group) is 1. The number of carbonyl (C=O) groups excluding carboxylic acids is 1. The lowest BCUT2D eigenvalue weighted by Gasteiger charge is -2.48. The van der Waals surface area contributed by atoms with Crippen molar-refractivity contribution in [1.82, 2.24) is 4.90 Å². The van der Waals surface area contributed by atoms with E-state index in [1.165, 1.54) is 11.4 Å². The minimum atomic E-state index is -0.448. The fraction of sp³-hybridized carbons (Fsp3) is 0.588. The Morgan fingerprint density at radius 1 is 1.22 bits per heavy atom. The molecule has 2 aliphatic rings. The summed E-state index contributed by atoms with van der Waals surface area (Å²) in [7, 11) is 2.11. The molecular formula is C17H24BrN3O2. The van der Waals surface area contributed by atoms with Gasteiger partial charge in [0.25, 0.3) is 0 Å². The molecule has 0 spiro atoms. The Hall–Kier alpha value is -1.43. The highest BCUT2D eigenvalue weighted by atomic mass is 79.9. The molecule has 126 valence electrons. The molecule has 2 heterocycles. The first-order chi connectivity index (χ1) is 10.7. The van der Waals surface area contributed by atoms with Gasteiger partial charge in [0, 0.05) is 37.7 Å². The molecule has 5 nitrogen and oxygen atoms in total. The lowest BCUT2D eigenvalue weighted by atomic mass is 10.0. The number of fused-ring (bicyclic) bond motifs is 3. The van der Waals surface area contributed by atoms with Gasteiger partial charge in [0.15, 0.2) is 0 Å². The van der Waals surface area contributed by atoms with Crippen molar-refractivity contribution in [3.05, 3.63) is 22.7 Å². The van der Waals surface area contributed by atoms with Crippen LogP contribution in [0.5, 0.6) is 0 Å². The van der Waals surface area contributed by atoms with Crippen molar-refractivity contribution in [3.63, 3.8) is 0 Å². The summed E-state index contributed by atoms with van der Waals surface area (Å²) in [6.07, 6.45) is -0.207. The van der Waals surface area contributed by atoms with E-state index >= 15 is 0 Å². The Balaban J connectivity index is 1.76. The predicted octanol–water partition coefficient (Wildman–Crippen LogP) is 3.32. The molecule has 3 rings (SSSR count). The average molecular weight is 382 g/mol. The van der Waals surface area contributed by atoms with Gasteiger partial charge in [-0.25, -0.2) is 4.79 Å². The topological polar surface area (TPSA) is 36.0 Å². The number of benzene rings is 1. The molecule has 0 unspecified atom stereocenters. The normalized spacial score (nSPS) is 20.9. The smallest absolute Gasteiger partial charge is 0.410 e. The standard InChI is InChI=1S/C17H24BrN3O2/c1-17(2,3)23-16(22)20-7-8-21-13(11-20)10-19(4)15-9-12(18)5-6-14(15)21/h5-6,9,13H,7-8,10-11H2,1-4H3/t13-/m0/s1. The van der Waals surface area contributed by atoms with Crippen LogP contribution in [0.3, 0.4) is 0 Å². The number of ether oxygens (including phenoxy) is 1. The summed E-state index contributed by atoms with van der Waals surface area (Å²) in [5, 5.41) is 0. The Bertz CT molecular complexity index is 614. The Morgan fingerprint density at radius 2 is 1.96 bits per heavy atom. The highest BCUT2D eigenvalue weighted by Crippen LogP contribution is 2.37. The fourth-order valence-corrected chi connectivity index (χ4v) is 3.63. The fourth-order valence-electron chi connectivity index (χ4n) is 3.28. The number of halogens is 1. The predicted molar refractivity (Wildman–Crippen MR) is 96.4 cm³/mol. The van der Waals surface area contributed by atoms with E-state index < -0.39 is 5.60 Å². The molecule has 0 bridgehead atoms. The van der Waals surface area contributed by atoms with Crippen LogP contribution < -0.4 is 9.80 Å². The number of amides is 1. The Morgan fingerprint density at radius 3 is 2.65 bits per heavy atom. The highest BCUT2D eigenvalue weighted by Gasteiger charge is 2.36. The van der Waals surface area contributed by atoms with Crippen molar-refractivity contribution in [3.8, 4) is 0 Å². The van der Waals surface area contributed by atoms with Crippen molar-refractivity contribution in [2.45, 2.75) is 32.4 Å². The zero-order valence-corrected chi connectivity index (χ0v) is 15.8. The van der Waals surface area contributed by atoms with Gasteiger partial charge >= 0.3 is 6.09 Å². The monoisotopic (exact) mass is 381 g/mol. The zero-order chi connectivity index (χ0) is 16.8. The highest BCUT2D eigenvalue weighted by molar-refractivity contribution is 9.10. The molecule has 1 atom stereocenters. The third-order valence-electron chi connectivity index (χ3n) is 4.28. The molecule has 23 heavy (non-hydrogen) atoms. The molecule has 1 fully saturated rings. The largest absolute Gasteiger partial charge is 0.444 e. The molecule has 1 saturated heterocycles. The lowest BCUT2D eigenvalue weighted by Crippen LogP contribution is -2.60.